The number of aromatic nitrogens is 1. The number of pyridine rings is 1. The minimum Gasteiger partial charge on any atom is -0.392 e. The van der Waals surface area contributed by atoms with E-state index in [4.69, 9.17) is 5.11 Å². The van der Waals surface area contributed by atoms with Gasteiger partial charge in [0, 0.05) is 31.0 Å². The van der Waals surface area contributed by atoms with Crippen LogP contribution in [0.1, 0.15) is 23.0 Å². The molecule has 1 heterocycles. The van der Waals surface area contributed by atoms with Crippen LogP contribution < -0.4 is 0 Å². The molecule has 1 aromatic rings. The van der Waals surface area contributed by atoms with Gasteiger partial charge in [0.25, 0.3) is 5.91 Å². The van der Waals surface area contributed by atoms with Gasteiger partial charge in [-0.3, -0.25) is 9.78 Å². The molecule has 0 fully saturated rings. The van der Waals surface area contributed by atoms with E-state index < -0.39 is 6.10 Å². The minimum absolute atomic E-state index is 0.0959. The van der Waals surface area contributed by atoms with Crippen LogP contribution in [0.2, 0.25) is 0 Å². The van der Waals surface area contributed by atoms with Crippen LogP contribution in [0.25, 0.3) is 0 Å². The van der Waals surface area contributed by atoms with E-state index in [1.165, 1.54) is 4.90 Å². The van der Waals surface area contributed by atoms with Crippen molar-refractivity contribution < 1.29 is 9.90 Å². The predicted octanol–water partition coefficient (Wildman–Crippen LogP) is 0.843. The molecule has 0 aliphatic carbocycles. The average Bonchev–Trinajstić information content (AvgIpc) is 2.15. The van der Waals surface area contributed by atoms with Crippen molar-refractivity contribution in [1.82, 2.24) is 9.88 Å². The summed E-state index contributed by atoms with van der Waals surface area (Å²) in [7, 11) is 1.67. The second kappa shape index (κ2) is 4.89. The fraction of sp³-hybridized carbons (Fsp3) is 0.455. The molecule has 4 heteroatoms. The predicted molar refractivity (Wildman–Crippen MR) is 57.6 cm³/mol. The van der Waals surface area contributed by atoms with Gasteiger partial charge in [-0.1, -0.05) is 0 Å². The Labute approximate surface area is 89.6 Å². The second-order valence-corrected chi connectivity index (χ2v) is 3.72. The van der Waals surface area contributed by atoms with Gasteiger partial charge in [-0.15, -0.1) is 0 Å². The molecule has 0 aromatic carbocycles. The zero-order valence-electron chi connectivity index (χ0n) is 9.27. The number of amides is 1. The highest BCUT2D eigenvalue weighted by molar-refractivity contribution is 5.94. The third kappa shape index (κ3) is 3.32. The summed E-state index contributed by atoms with van der Waals surface area (Å²) in [6.45, 7) is 3.83. The summed E-state index contributed by atoms with van der Waals surface area (Å²) >= 11 is 0. The second-order valence-electron chi connectivity index (χ2n) is 3.72. The van der Waals surface area contributed by atoms with Crippen molar-refractivity contribution in [2.45, 2.75) is 20.0 Å². The van der Waals surface area contributed by atoms with Crippen molar-refractivity contribution >= 4 is 5.91 Å². The molecule has 1 atom stereocenters. The van der Waals surface area contributed by atoms with Crippen LogP contribution in [0.4, 0.5) is 0 Å². The fourth-order valence-corrected chi connectivity index (χ4v) is 1.38. The standard InChI is InChI=1S/C11H16N2O2/c1-8-6-10(4-5-12-8)11(15)13(3)7-9(2)14/h4-6,9,14H,7H2,1-3H3. The highest BCUT2D eigenvalue weighted by Crippen LogP contribution is 2.04. The van der Waals surface area contributed by atoms with Gasteiger partial charge in [0.15, 0.2) is 0 Å². The highest BCUT2D eigenvalue weighted by atomic mass is 16.3. The van der Waals surface area contributed by atoms with E-state index in [-0.39, 0.29) is 5.91 Å². The number of aryl methyl sites for hydroxylation is 1. The summed E-state index contributed by atoms with van der Waals surface area (Å²) in [6.07, 6.45) is 1.10. The number of aliphatic hydroxyl groups excluding tert-OH is 1. The van der Waals surface area contributed by atoms with Crippen LogP contribution in [-0.2, 0) is 0 Å². The highest BCUT2D eigenvalue weighted by Gasteiger charge is 2.13. The smallest absolute Gasteiger partial charge is 0.253 e. The van der Waals surface area contributed by atoms with Crippen molar-refractivity contribution in [2.24, 2.45) is 0 Å². The largest absolute Gasteiger partial charge is 0.392 e. The van der Waals surface area contributed by atoms with Gasteiger partial charge in [0.05, 0.1) is 6.10 Å². The van der Waals surface area contributed by atoms with Crippen LogP contribution in [0.15, 0.2) is 18.3 Å². The van der Waals surface area contributed by atoms with Crippen molar-refractivity contribution in [3.05, 3.63) is 29.6 Å². The van der Waals surface area contributed by atoms with Gasteiger partial charge in [-0.2, -0.15) is 0 Å². The lowest BCUT2D eigenvalue weighted by molar-refractivity contribution is 0.0703. The number of hydrogen-bond acceptors (Lipinski definition) is 3. The molecule has 0 aliphatic heterocycles. The van der Waals surface area contributed by atoms with Crippen LogP contribution in [0.3, 0.4) is 0 Å². The van der Waals surface area contributed by atoms with Crippen LogP contribution in [0.5, 0.6) is 0 Å². The number of carbonyl (C=O) groups is 1. The maximum Gasteiger partial charge on any atom is 0.253 e. The molecule has 0 bridgehead atoms. The number of rotatable bonds is 3. The maximum atomic E-state index is 11.8. The first-order valence-electron chi connectivity index (χ1n) is 4.87. The van der Waals surface area contributed by atoms with Crippen LogP contribution in [0, 0.1) is 6.92 Å². The summed E-state index contributed by atoms with van der Waals surface area (Å²) in [6, 6.07) is 3.41. The normalized spacial score (nSPS) is 12.3. The molecule has 1 N–H and O–H groups in total. The van der Waals surface area contributed by atoms with E-state index >= 15 is 0 Å². The Hall–Kier alpha value is -1.42. The molecule has 0 saturated carbocycles. The summed E-state index contributed by atoms with van der Waals surface area (Å²) in [4.78, 5) is 17.3. The van der Waals surface area contributed by atoms with E-state index in [2.05, 4.69) is 4.98 Å². The Balaban J connectivity index is 2.76. The average molecular weight is 208 g/mol. The molecule has 0 aliphatic rings. The van der Waals surface area contributed by atoms with Crippen molar-refractivity contribution in [3.8, 4) is 0 Å². The molecule has 0 saturated heterocycles. The van der Waals surface area contributed by atoms with E-state index in [0.717, 1.165) is 5.69 Å². The molecule has 1 unspecified atom stereocenters. The Bertz CT molecular complexity index is 350. The number of carbonyl (C=O) groups excluding carboxylic acids is 1. The Morgan fingerprint density at radius 3 is 2.87 bits per heavy atom. The van der Waals surface area contributed by atoms with E-state index in [1.54, 1.807) is 32.3 Å². The van der Waals surface area contributed by atoms with E-state index in [1.807, 2.05) is 6.92 Å². The first kappa shape index (κ1) is 11.7. The quantitative estimate of drug-likeness (QED) is 0.801. The Morgan fingerprint density at radius 1 is 1.67 bits per heavy atom. The molecule has 15 heavy (non-hydrogen) atoms. The third-order valence-corrected chi connectivity index (χ3v) is 2.03. The SMILES string of the molecule is Cc1cc(C(=O)N(C)CC(C)O)ccn1. The monoisotopic (exact) mass is 208 g/mol. The number of hydrogen-bond donors (Lipinski definition) is 1. The molecule has 1 aromatic heterocycles. The Morgan fingerprint density at radius 2 is 2.33 bits per heavy atom. The van der Waals surface area contributed by atoms with Crippen LogP contribution in [-0.4, -0.2) is 40.6 Å². The van der Waals surface area contributed by atoms with Gasteiger partial charge in [-0.05, 0) is 26.0 Å². The van der Waals surface area contributed by atoms with Crippen molar-refractivity contribution in [3.63, 3.8) is 0 Å². The zero-order valence-corrected chi connectivity index (χ0v) is 9.27. The molecule has 0 spiro atoms. The van der Waals surface area contributed by atoms with Gasteiger partial charge in [0.1, 0.15) is 0 Å². The molecule has 1 amide bonds. The summed E-state index contributed by atoms with van der Waals surface area (Å²) in [5.41, 5.74) is 1.41. The Kier molecular flexibility index (Phi) is 3.80. The lowest BCUT2D eigenvalue weighted by atomic mass is 10.2. The fourth-order valence-electron chi connectivity index (χ4n) is 1.38. The summed E-state index contributed by atoms with van der Waals surface area (Å²) < 4.78 is 0. The van der Waals surface area contributed by atoms with Crippen molar-refractivity contribution in [2.75, 3.05) is 13.6 Å². The van der Waals surface area contributed by atoms with E-state index in [9.17, 15) is 4.79 Å². The summed E-state index contributed by atoms with van der Waals surface area (Å²) in [5.74, 6) is -0.0959. The number of nitrogens with zero attached hydrogens (tertiary/aromatic N) is 2. The number of likely N-dealkylation sites (N-methyl/N-ethyl adjacent to an activating group) is 1. The first-order valence-corrected chi connectivity index (χ1v) is 4.87. The molecule has 82 valence electrons. The van der Waals surface area contributed by atoms with Gasteiger partial charge in [-0.25, -0.2) is 0 Å². The lowest BCUT2D eigenvalue weighted by Gasteiger charge is -2.18. The molecular weight excluding hydrogens is 192 g/mol. The molecule has 1 rings (SSSR count). The van der Waals surface area contributed by atoms with Gasteiger partial charge < -0.3 is 10.0 Å². The van der Waals surface area contributed by atoms with Crippen molar-refractivity contribution in [1.29, 1.82) is 0 Å². The minimum atomic E-state index is -0.512. The molecular formula is C11H16N2O2. The van der Waals surface area contributed by atoms with Crippen LogP contribution >= 0.6 is 0 Å². The molecule has 0 radical (unpaired) electrons. The van der Waals surface area contributed by atoms with Gasteiger partial charge >= 0.3 is 0 Å². The number of aliphatic hydroxyl groups is 1. The first-order chi connectivity index (χ1) is 7.00. The maximum absolute atomic E-state index is 11.8. The van der Waals surface area contributed by atoms with Gasteiger partial charge in [0.2, 0.25) is 0 Å². The molecule has 4 nitrogen and oxygen atoms in total. The zero-order chi connectivity index (χ0) is 11.4. The third-order valence-electron chi connectivity index (χ3n) is 2.03. The topological polar surface area (TPSA) is 53.4 Å². The summed E-state index contributed by atoms with van der Waals surface area (Å²) in [5, 5.41) is 9.17. The lowest BCUT2D eigenvalue weighted by Crippen LogP contribution is -2.33. The van der Waals surface area contributed by atoms with E-state index in [0.29, 0.717) is 12.1 Å².